The van der Waals surface area contributed by atoms with Gasteiger partial charge < -0.3 is 0 Å². The van der Waals surface area contributed by atoms with Gasteiger partial charge in [-0.05, 0) is 44.4 Å². The molecule has 0 heteroatoms. The van der Waals surface area contributed by atoms with Crippen molar-refractivity contribution in [3.8, 4) is 0 Å². The molecule has 0 heterocycles. The Morgan fingerprint density at radius 2 is 1.40 bits per heavy atom. The molecule has 1 aromatic rings. The van der Waals surface area contributed by atoms with E-state index in [1.54, 1.807) is 0 Å². The molecule has 0 saturated heterocycles. The first-order valence-electron chi connectivity index (χ1n) is 3.44. The molecule has 10 heavy (non-hydrogen) atoms. The van der Waals surface area contributed by atoms with Crippen LogP contribution in [-0.4, -0.2) is 0 Å². The fourth-order valence-electron chi connectivity index (χ4n) is 1.19. The highest BCUT2D eigenvalue weighted by molar-refractivity contribution is 5.38. The van der Waals surface area contributed by atoms with Crippen LogP contribution in [0.4, 0.5) is 0 Å². The third-order valence-electron chi connectivity index (χ3n) is 1.74. The SMILES string of the molecule is [CH]c1c(C)cc(C)cc1C. The number of hydrogen-bond acceptors (Lipinski definition) is 0. The van der Waals surface area contributed by atoms with Crippen molar-refractivity contribution in [2.24, 2.45) is 0 Å². The Morgan fingerprint density at radius 3 is 1.80 bits per heavy atom. The van der Waals surface area contributed by atoms with Gasteiger partial charge in [-0.25, -0.2) is 0 Å². The van der Waals surface area contributed by atoms with Crippen molar-refractivity contribution >= 4 is 0 Å². The number of rotatable bonds is 0. The largest absolute Gasteiger partial charge is 0.0561 e. The highest BCUT2D eigenvalue weighted by Gasteiger charge is 1.96. The Morgan fingerprint density at radius 1 is 1.00 bits per heavy atom. The predicted octanol–water partition coefficient (Wildman–Crippen LogP) is 2.67. The molecule has 0 saturated carbocycles. The standard InChI is InChI=1S/C10H12/c1-7-5-8(2)10(4)9(3)6-7/h4-6H,1-3H3. The Balaban J connectivity index is 3.31. The van der Waals surface area contributed by atoms with Crippen LogP contribution in [0.5, 0.6) is 0 Å². The minimum atomic E-state index is 0.922. The van der Waals surface area contributed by atoms with E-state index in [0.717, 1.165) is 5.56 Å². The molecular formula is C10H12. The summed E-state index contributed by atoms with van der Waals surface area (Å²) in [4.78, 5) is 0. The number of benzene rings is 1. The number of hydrogen-bond donors (Lipinski definition) is 0. The van der Waals surface area contributed by atoms with Crippen LogP contribution in [0.3, 0.4) is 0 Å². The summed E-state index contributed by atoms with van der Waals surface area (Å²) in [5.41, 5.74) is 4.56. The van der Waals surface area contributed by atoms with Gasteiger partial charge >= 0.3 is 0 Å². The van der Waals surface area contributed by atoms with E-state index >= 15 is 0 Å². The van der Waals surface area contributed by atoms with Gasteiger partial charge in [0.25, 0.3) is 0 Å². The van der Waals surface area contributed by atoms with E-state index in [4.69, 9.17) is 6.92 Å². The van der Waals surface area contributed by atoms with E-state index in [1.165, 1.54) is 16.7 Å². The lowest BCUT2D eigenvalue weighted by Crippen LogP contribution is -1.86. The maximum atomic E-state index is 5.75. The lowest BCUT2D eigenvalue weighted by atomic mass is 10.0. The van der Waals surface area contributed by atoms with Crippen LogP contribution in [0.15, 0.2) is 12.1 Å². The van der Waals surface area contributed by atoms with E-state index in [-0.39, 0.29) is 0 Å². The molecule has 0 aliphatic carbocycles. The lowest BCUT2D eigenvalue weighted by Gasteiger charge is -2.04. The Hall–Kier alpha value is -0.780. The summed E-state index contributed by atoms with van der Waals surface area (Å²) < 4.78 is 0. The molecule has 2 radical (unpaired) electrons. The first kappa shape index (κ1) is 7.33. The molecule has 0 aliphatic heterocycles. The molecular weight excluding hydrogens is 120 g/mol. The molecule has 0 nitrogen and oxygen atoms in total. The molecule has 0 aromatic heterocycles. The van der Waals surface area contributed by atoms with E-state index in [9.17, 15) is 0 Å². The molecule has 1 rings (SSSR count). The van der Waals surface area contributed by atoms with Crippen molar-refractivity contribution in [3.63, 3.8) is 0 Å². The molecule has 52 valence electrons. The van der Waals surface area contributed by atoms with Crippen molar-refractivity contribution in [1.29, 1.82) is 0 Å². The van der Waals surface area contributed by atoms with E-state index in [2.05, 4.69) is 19.1 Å². The monoisotopic (exact) mass is 132 g/mol. The Kier molecular flexibility index (Phi) is 1.80. The number of aryl methyl sites for hydroxylation is 3. The Labute approximate surface area is 62.9 Å². The molecule has 0 spiro atoms. The highest BCUT2D eigenvalue weighted by Crippen LogP contribution is 2.13. The van der Waals surface area contributed by atoms with E-state index in [1.807, 2.05) is 13.8 Å². The van der Waals surface area contributed by atoms with Gasteiger partial charge in [-0.2, -0.15) is 0 Å². The fourth-order valence-corrected chi connectivity index (χ4v) is 1.19. The summed E-state index contributed by atoms with van der Waals surface area (Å²) >= 11 is 0. The van der Waals surface area contributed by atoms with Gasteiger partial charge in [-0.1, -0.05) is 17.7 Å². The minimum Gasteiger partial charge on any atom is -0.0561 e. The fraction of sp³-hybridized carbons (Fsp3) is 0.300. The zero-order chi connectivity index (χ0) is 7.72. The third-order valence-corrected chi connectivity index (χ3v) is 1.74. The molecule has 0 atom stereocenters. The van der Waals surface area contributed by atoms with Gasteiger partial charge in [0, 0.05) is 0 Å². The molecule has 0 unspecified atom stereocenters. The van der Waals surface area contributed by atoms with Crippen molar-refractivity contribution in [1.82, 2.24) is 0 Å². The maximum absolute atomic E-state index is 5.75. The molecule has 0 fully saturated rings. The van der Waals surface area contributed by atoms with Gasteiger partial charge in [-0.15, -0.1) is 0 Å². The van der Waals surface area contributed by atoms with Crippen LogP contribution in [-0.2, 0) is 0 Å². The van der Waals surface area contributed by atoms with Crippen LogP contribution in [0.2, 0.25) is 0 Å². The van der Waals surface area contributed by atoms with E-state index < -0.39 is 0 Å². The quantitative estimate of drug-likeness (QED) is 0.509. The second-order valence-electron chi connectivity index (χ2n) is 2.81. The normalized spacial score (nSPS) is 10.0. The summed E-state index contributed by atoms with van der Waals surface area (Å²) in [5.74, 6) is 0. The van der Waals surface area contributed by atoms with Gasteiger partial charge in [0.1, 0.15) is 0 Å². The average Bonchev–Trinajstić information content (AvgIpc) is 1.82. The predicted molar refractivity (Wildman–Crippen MR) is 44.1 cm³/mol. The smallest absolute Gasteiger partial charge is 0.000639 e. The molecule has 0 amide bonds. The van der Waals surface area contributed by atoms with Crippen LogP contribution < -0.4 is 0 Å². The van der Waals surface area contributed by atoms with Crippen LogP contribution in [0, 0.1) is 27.7 Å². The first-order chi connectivity index (χ1) is 4.61. The Bertz CT molecular complexity index is 223. The first-order valence-corrected chi connectivity index (χ1v) is 3.44. The lowest BCUT2D eigenvalue weighted by molar-refractivity contribution is 1.28. The molecule has 0 bridgehead atoms. The summed E-state index contributed by atoms with van der Waals surface area (Å²) in [7, 11) is 0. The summed E-state index contributed by atoms with van der Waals surface area (Å²) in [6.45, 7) is 11.9. The summed E-state index contributed by atoms with van der Waals surface area (Å²) in [6.07, 6.45) is 0. The molecule has 1 aromatic carbocycles. The van der Waals surface area contributed by atoms with Crippen molar-refractivity contribution < 1.29 is 0 Å². The highest BCUT2D eigenvalue weighted by atomic mass is 14.0. The van der Waals surface area contributed by atoms with Crippen LogP contribution in [0.25, 0.3) is 0 Å². The van der Waals surface area contributed by atoms with Crippen LogP contribution >= 0.6 is 0 Å². The van der Waals surface area contributed by atoms with Gasteiger partial charge in [0.05, 0.1) is 0 Å². The average molecular weight is 132 g/mol. The van der Waals surface area contributed by atoms with Gasteiger partial charge in [0.2, 0.25) is 0 Å². The summed E-state index contributed by atoms with van der Waals surface area (Å²) in [6, 6.07) is 4.20. The second-order valence-corrected chi connectivity index (χ2v) is 2.81. The van der Waals surface area contributed by atoms with Crippen LogP contribution in [0.1, 0.15) is 22.3 Å². The molecule has 0 N–H and O–H groups in total. The van der Waals surface area contributed by atoms with Crippen molar-refractivity contribution in [2.45, 2.75) is 20.8 Å². The molecule has 0 aliphatic rings. The van der Waals surface area contributed by atoms with Gasteiger partial charge in [0.15, 0.2) is 0 Å². The maximum Gasteiger partial charge on any atom is -0.000639 e. The minimum absolute atomic E-state index is 0.922. The van der Waals surface area contributed by atoms with Crippen molar-refractivity contribution in [2.75, 3.05) is 0 Å². The van der Waals surface area contributed by atoms with E-state index in [0.29, 0.717) is 0 Å². The summed E-state index contributed by atoms with van der Waals surface area (Å²) in [5, 5.41) is 0. The zero-order valence-corrected chi connectivity index (χ0v) is 6.73. The topological polar surface area (TPSA) is 0 Å². The third kappa shape index (κ3) is 1.21. The van der Waals surface area contributed by atoms with Gasteiger partial charge in [-0.3, -0.25) is 0 Å². The zero-order valence-electron chi connectivity index (χ0n) is 6.73. The van der Waals surface area contributed by atoms with Crippen molar-refractivity contribution in [3.05, 3.63) is 41.3 Å². The second kappa shape index (κ2) is 2.45.